The second kappa shape index (κ2) is 7.10. The van der Waals surface area contributed by atoms with Gasteiger partial charge in [-0.2, -0.15) is 4.37 Å². The summed E-state index contributed by atoms with van der Waals surface area (Å²) in [6.07, 6.45) is 2.16. The Labute approximate surface area is 147 Å². The zero-order valence-corrected chi connectivity index (χ0v) is 14.6. The first kappa shape index (κ1) is 17.2. The highest BCUT2D eigenvalue weighted by Crippen LogP contribution is 2.27. The predicted octanol–water partition coefficient (Wildman–Crippen LogP) is 2.57. The number of aromatic nitrogens is 3. The summed E-state index contributed by atoms with van der Waals surface area (Å²) in [6, 6.07) is 5.91. The quantitative estimate of drug-likeness (QED) is 0.759. The largest absolute Gasteiger partial charge is 0.352 e. The Balaban J connectivity index is 1.93. The summed E-state index contributed by atoms with van der Waals surface area (Å²) in [6.45, 7) is 3.79. The molecule has 3 rings (SSSR count). The molecule has 0 radical (unpaired) electrons. The molecule has 0 aliphatic rings. The summed E-state index contributed by atoms with van der Waals surface area (Å²) in [5.74, 6) is -0.577. The number of fused-ring (bicyclic) bond motifs is 1. The van der Waals surface area contributed by atoms with Crippen LogP contribution >= 0.6 is 11.5 Å². The van der Waals surface area contributed by atoms with E-state index in [4.69, 9.17) is 0 Å². The first-order valence-electron chi connectivity index (χ1n) is 7.89. The Kier molecular flexibility index (Phi) is 4.89. The molecule has 0 aliphatic heterocycles. The molecule has 1 N–H and O–H groups in total. The van der Waals surface area contributed by atoms with Crippen LogP contribution < -0.4 is 10.9 Å². The first-order chi connectivity index (χ1) is 12.0. The van der Waals surface area contributed by atoms with Crippen LogP contribution in [0.4, 0.5) is 4.39 Å². The van der Waals surface area contributed by atoms with Crippen LogP contribution in [0, 0.1) is 5.82 Å². The van der Waals surface area contributed by atoms with Gasteiger partial charge < -0.3 is 5.32 Å². The van der Waals surface area contributed by atoms with Gasteiger partial charge in [-0.3, -0.25) is 14.2 Å². The smallest absolute Gasteiger partial charge is 0.273 e. The SMILES string of the molecule is CC[C@H](C)NC(=O)Cn1cnc2c(-c3ccc(F)cc3)nsc2c1=O. The van der Waals surface area contributed by atoms with Crippen molar-refractivity contribution in [2.45, 2.75) is 32.9 Å². The second-order valence-corrected chi connectivity index (χ2v) is 6.54. The lowest BCUT2D eigenvalue weighted by molar-refractivity contribution is -0.122. The molecule has 2 aromatic heterocycles. The van der Waals surface area contributed by atoms with Gasteiger partial charge in [0.1, 0.15) is 28.3 Å². The predicted molar refractivity (Wildman–Crippen MR) is 95.0 cm³/mol. The van der Waals surface area contributed by atoms with Crippen molar-refractivity contribution >= 4 is 27.7 Å². The number of hydrogen-bond acceptors (Lipinski definition) is 5. The zero-order valence-electron chi connectivity index (χ0n) is 13.8. The standard InChI is InChI=1S/C17H17FN4O2S/c1-3-10(2)20-13(23)8-22-9-19-15-14(21-25-16(15)17(22)24)11-4-6-12(18)7-5-11/h4-7,9-10H,3,8H2,1-2H3,(H,20,23)/t10-/m0/s1. The number of benzene rings is 1. The molecule has 8 heteroatoms. The van der Waals surface area contributed by atoms with Crippen molar-refractivity contribution in [3.8, 4) is 11.3 Å². The Morgan fingerprint density at radius 1 is 1.36 bits per heavy atom. The normalized spacial score (nSPS) is 12.3. The maximum absolute atomic E-state index is 13.1. The summed E-state index contributed by atoms with van der Waals surface area (Å²) in [7, 11) is 0. The zero-order chi connectivity index (χ0) is 18.0. The maximum atomic E-state index is 13.1. The van der Waals surface area contributed by atoms with Gasteiger partial charge in [0.2, 0.25) is 5.91 Å². The van der Waals surface area contributed by atoms with Crippen LogP contribution in [0.5, 0.6) is 0 Å². The van der Waals surface area contributed by atoms with Crippen LogP contribution in [0.3, 0.4) is 0 Å². The average Bonchev–Trinajstić information content (AvgIpc) is 3.02. The van der Waals surface area contributed by atoms with Gasteiger partial charge in [0.25, 0.3) is 5.56 Å². The van der Waals surface area contributed by atoms with Crippen molar-refractivity contribution in [2.75, 3.05) is 0 Å². The number of amides is 1. The van der Waals surface area contributed by atoms with Gasteiger partial charge in [-0.15, -0.1) is 0 Å². The monoisotopic (exact) mass is 360 g/mol. The second-order valence-electron chi connectivity index (χ2n) is 5.77. The van der Waals surface area contributed by atoms with Crippen molar-refractivity contribution in [1.82, 2.24) is 19.2 Å². The van der Waals surface area contributed by atoms with Crippen LogP contribution in [0.15, 0.2) is 35.4 Å². The fourth-order valence-electron chi connectivity index (χ4n) is 2.34. The molecule has 130 valence electrons. The number of rotatable bonds is 5. The van der Waals surface area contributed by atoms with Crippen LogP contribution in [0.2, 0.25) is 0 Å². The van der Waals surface area contributed by atoms with E-state index in [1.807, 2.05) is 13.8 Å². The Bertz CT molecular complexity index is 965. The molecular formula is C17H17FN4O2S. The molecule has 3 aromatic rings. The molecule has 1 amide bonds. The van der Waals surface area contributed by atoms with Gasteiger partial charge >= 0.3 is 0 Å². The lowest BCUT2D eigenvalue weighted by Crippen LogP contribution is -2.37. The van der Waals surface area contributed by atoms with E-state index in [0.717, 1.165) is 18.0 Å². The van der Waals surface area contributed by atoms with Gasteiger partial charge in [-0.05, 0) is 49.1 Å². The Morgan fingerprint density at radius 3 is 2.76 bits per heavy atom. The summed E-state index contributed by atoms with van der Waals surface area (Å²) in [5, 5.41) is 2.82. The number of carbonyl (C=O) groups is 1. The maximum Gasteiger partial charge on any atom is 0.273 e. The summed E-state index contributed by atoms with van der Waals surface area (Å²) in [4.78, 5) is 28.8. The highest BCUT2D eigenvalue weighted by Gasteiger charge is 2.16. The summed E-state index contributed by atoms with van der Waals surface area (Å²) < 4.78 is 19.0. The molecule has 25 heavy (non-hydrogen) atoms. The number of nitrogens with one attached hydrogen (secondary N) is 1. The molecule has 0 aliphatic carbocycles. The minimum Gasteiger partial charge on any atom is -0.352 e. The molecule has 0 bridgehead atoms. The van der Waals surface area contributed by atoms with E-state index in [1.165, 1.54) is 23.0 Å². The van der Waals surface area contributed by atoms with Gasteiger partial charge in [-0.25, -0.2) is 9.37 Å². The van der Waals surface area contributed by atoms with Crippen LogP contribution in [0.1, 0.15) is 20.3 Å². The number of nitrogens with zero attached hydrogens (tertiary/aromatic N) is 3. The third-order valence-corrected chi connectivity index (χ3v) is 4.72. The molecule has 0 fully saturated rings. The molecule has 1 aromatic carbocycles. The van der Waals surface area contributed by atoms with Crippen LogP contribution in [0.25, 0.3) is 21.5 Å². The van der Waals surface area contributed by atoms with Crippen molar-refractivity contribution in [2.24, 2.45) is 0 Å². The van der Waals surface area contributed by atoms with E-state index >= 15 is 0 Å². The number of carbonyl (C=O) groups excluding carboxylic acids is 1. The van der Waals surface area contributed by atoms with E-state index in [9.17, 15) is 14.0 Å². The van der Waals surface area contributed by atoms with Crippen molar-refractivity contribution in [3.05, 3.63) is 46.8 Å². The van der Waals surface area contributed by atoms with E-state index < -0.39 is 0 Å². The summed E-state index contributed by atoms with van der Waals surface area (Å²) >= 11 is 1.03. The van der Waals surface area contributed by atoms with E-state index in [-0.39, 0.29) is 29.9 Å². The van der Waals surface area contributed by atoms with Crippen LogP contribution in [-0.2, 0) is 11.3 Å². The fraction of sp³-hybridized carbons (Fsp3) is 0.294. The van der Waals surface area contributed by atoms with Crippen molar-refractivity contribution in [3.63, 3.8) is 0 Å². The van der Waals surface area contributed by atoms with Crippen LogP contribution in [-0.4, -0.2) is 25.9 Å². The molecule has 0 saturated heterocycles. The summed E-state index contributed by atoms with van der Waals surface area (Å²) in [5.41, 5.74) is 1.37. The molecule has 0 saturated carbocycles. The molecule has 0 unspecified atom stereocenters. The Hall–Kier alpha value is -2.61. The number of hydrogen-bond donors (Lipinski definition) is 1. The van der Waals surface area contributed by atoms with Crippen molar-refractivity contribution < 1.29 is 9.18 Å². The molecular weight excluding hydrogens is 343 g/mol. The third kappa shape index (κ3) is 3.58. The third-order valence-electron chi connectivity index (χ3n) is 3.90. The van der Waals surface area contributed by atoms with E-state index in [1.54, 1.807) is 12.1 Å². The van der Waals surface area contributed by atoms with Crippen molar-refractivity contribution in [1.29, 1.82) is 0 Å². The highest BCUT2D eigenvalue weighted by atomic mass is 32.1. The molecule has 6 nitrogen and oxygen atoms in total. The molecule has 1 atom stereocenters. The van der Waals surface area contributed by atoms with Gasteiger partial charge in [0.15, 0.2) is 0 Å². The van der Waals surface area contributed by atoms with Gasteiger partial charge in [-0.1, -0.05) is 6.92 Å². The Morgan fingerprint density at radius 2 is 2.08 bits per heavy atom. The highest BCUT2D eigenvalue weighted by molar-refractivity contribution is 7.13. The first-order valence-corrected chi connectivity index (χ1v) is 8.67. The van der Waals surface area contributed by atoms with Gasteiger partial charge in [0, 0.05) is 11.6 Å². The number of halogens is 1. The van der Waals surface area contributed by atoms with E-state index in [0.29, 0.717) is 21.5 Å². The lowest BCUT2D eigenvalue weighted by atomic mass is 10.1. The molecule has 0 spiro atoms. The van der Waals surface area contributed by atoms with E-state index in [2.05, 4.69) is 14.7 Å². The lowest BCUT2D eigenvalue weighted by Gasteiger charge is -2.12. The van der Waals surface area contributed by atoms with Gasteiger partial charge in [0.05, 0.1) is 6.33 Å². The topological polar surface area (TPSA) is 76.9 Å². The minimum absolute atomic E-state index is 0.0494. The fourth-order valence-corrected chi connectivity index (χ4v) is 3.15. The minimum atomic E-state index is -0.342. The average molecular weight is 360 g/mol. The molecule has 2 heterocycles.